The van der Waals surface area contributed by atoms with Crippen LogP contribution in [0, 0.1) is 16.7 Å². The third kappa shape index (κ3) is 2.79. The number of amides is 1. The van der Waals surface area contributed by atoms with E-state index in [2.05, 4.69) is 5.32 Å². The van der Waals surface area contributed by atoms with Gasteiger partial charge in [0, 0.05) is 19.6 Å². The number of hydrogen-bond donors (Lipinski definition) is 1. The predicted molar refractivity (Wildman–Crippen MR) is 89.5 cm³/mol. The molecule has 1 spiro atoms. The molecule has 136 valence electrons. The number of carbonyl (C=O) groups excluding carboxylic acids is 2. The summed E-state index contributed by atoms with van der Waals surface area (Å²) in [6.07, 6.45) is 3.61. The normalized spacial score (nSPS) is 31.8. The number of hydrogen-bond acceptors (Lipinski definition) is 5. The van der Waals surface area contributed by atoms with Crippen LogP contribution in [0.25, 0.3) is 0 Å². The summed E-state index contributed by atoms with van der Waals surface area (Å²) in [7, 11) is 1.49. The van der Waals surface area contributed by atoms with Crippen LogP contribution >= 0.6 is 0 Å². The molecule has 0 aromatic rings. The minimum Gasteiger partial charge on any atom is -0.469 e. The van der Waals surface area contributed by atoms with E-state index in [1.54, 1.807) is 0 Å². The van der Waals surface area contributed by atoms with Crippen LogP contribution in [0.3, 0.4) is 0 Å². The van der Waals surface area contributed by atoms with Gasteiger partial charge >= 0.3 is 12.1 Å². The molecule has 2 saturated heterocycles. The van der Waals surface area contributed by atoms with E-state index in [1.807, 2.05) is 25.7 Å². The van der Waals surface area contributed by atoms with Crippen LogP contribution in [-0.4, -0.2) is 55.9 Å². The number of carbonyl (C=O) groups is 2. The summed E-state index contributed by atoms with van der Waals surface area (Å²) in [6.45, 7) is 8.70. The zero-order valence-corrected chi connectivity index (χ0v) is 15.3. The lowest BCUT2D eigenvalue weighted by Gasteiger charge is -2.44. The highest BCUT2D eigenvalue weighted by molar-refractivity contribution is 5.79. The fourth-order valence-electron chi connectivity index (χ4n) is 5.05. The van der Waals surface area contributed by atoms with Gasteiger partial charge in [0.25, 0.3) is 0 Å². The van der Waals surface area contributed by atoms with Gasteiger partial charge < -0.3 is 19.7 Å². The Balaban J connectivity index is 1.68. The van der Waals surface area contributed by atoms with Crippen LogP contribution < -0.4 is 5.32 Å². The highest BCUT2D eigenvalue weighted by atomic mass is 16.6. The standard InChI is InChI=1S/C18H30N2O4/c1-16(2,3)24-15(22)20-9-7-17(8-10-20)5-6-18(14(21)23-4)12-19-11-13(17)18/h13,19H,5-12H2,1-4H3. The van der Waals surface area contributed by atoms with Crippen molar-refractivity contribution in [1.29, 1.82) is 0 Å². The number of fused-ring (bicyclic) bond motifs is 2. The molecular formula is C18H30N2O4. The number of methoxy groups -OCH3 is 1. The van der Waals surface area contributed by atoms with Crippen LogP contribution in [0.2, 0.25) is 0 Å². The quantitative estimate of drug-likeness (QED) is 0.742. The molecule has 0 aromatic carbocycles. The van der Waals surface area contributed by atoms with Crippen molar-refractivity contribution < 1.29 is 19.1 Å². The summed E-state index contributed by atoms with van der Waals surface area (Å²) in [4.78, 5) is 26.5. The summed E-state index contributed by atoms with van der Waals surface area (Å²) in [5.41, 5.74) is -0.673. The van der Waals surface area contributed by atoms with Crippen molar-refractivity contribution in [1.82, 2.24) is 10.2 Å². The highest BCUT2D eigenvalue weighted by Gasteiger charge is 2.63. The predicted octanol–water partition coefficient (Wildman–Crippen LogP) is 2.18. The van der Waals surface area contributed by atoms with Gasteiger partial charge in [0.15, 0.2) is 0 Å². The molecule has 2 aliphatic heterocycles. The van der Waals surface area contributed by atoms with Crippen molar-refractivity contribution in [3.8, 4) is 0 Å². The Morgan fingerprint density at radius 1 is 1.12 bits per heavy atom. The van der Waals surface area contributed by atoms with Gasteiger partial charge in [-0.05, 0) is 64.3 Å². The number of ether oxygens (including phenoxy) is 2. The molecule has 1 amide bonds. The van der Waals surface area contributed by atoms with Crippen LogP contribution in [0.4, 0.5) is 4.79 Å². The number of esters is 1. The molecule has 6 nitrogen and oxygen atoms in total. The van der Waals surface area contributed by atoms with Gasteiger partial charge in [0.05, 0.1) is 12.5 Å². The summed E-state index contributed by atoms with van der Waals surface area (Å²) in [5, 5.41) is 3.41. The molecule has 1 aliphatic carbocycles. The third-order valence-corrected chi connectivity index (χ3v) is 6.27. The van der Waals surface area contributed by atoms with Crippen molar-refractivity contribution in [2.45, 2.75) is 52.1 Å². The second-order valence-electron chi connectivity index (χ2n) is 8.66. The Hall–Kier alpha value is -1.30. The number of rotatable bonds is 1. The fraction of sp³-hybridized carbons (Fsp3) is 0.889. The van der Waals surface area contributed by atoms with E-state index in [4.69, 9.17) is 9.47 Å². The lowest BCUT2D eigenvalue weighted by atomic mass is 9.66. The first kappa shape index (κ1) is 17.5. The van der Waals surface area contributed by atoms with E-state index in [9.17, 15) is 9.59 Å². The minimum atomic E-state index is -0.463. The Kier molecular flexibility index (Phi) is 4.31. The number of nitrogens with zero attached hydrogens (tertiary/aromatic N) is 1. The highest BCUT2D eigenvalue weighted by Crippen LogP contribution is 2.60. The Morgan fingerprint density at radius 3 is 2.38 bits per heavy atom. The van der Waals surface area contributed by atoms with E-state index in [0.717, 1.165) is 38.8 Å². The molecule has 0 aromatic heterocycles. The summed E-state index contributed by atoms with van der Waals surface area (Å²) in [5.74, 6) is 0.252. The minimum absolute atomic E-state index is 0.0658. The van der Waals surface area contributed by atoms with Crippen molar-refractivity contribution >= 4 is 12.1 Å². The van der Waals surface area contributed by atoms with Gasteiger partial charge in [-0.1, -0.05) is 0 Å². The molecule has 0 bridgehead atoms. The van der Waals surface area contributed by atoms with Crippen LogP contribution in [0.15, 0.2) is 0 Å². The van der Waals surface area contributed by atoms with E-state index < -0.39 is 5.60 Å². The number of nitrogens with one attached hydrogen (secondary N) is 1. The number of likely N-dealkylation sites (tertiary alicyclic amines) is 1. The van der Waals surface area contributed by atoms with E-state index in [1.165, 1.54) is 7.11 Å². The molecule has 2 heterocycles. The first-order valence-electron chi connectivity index (χ1n) is 9.00. The van der Waals surface area contributed by atoms with Crippen LogP contribution in [-0.2, 0) is 14.3 Å². The average Bonchev–Trinajstić information content (AvgIpc) is 3.07. The Morgan fingerprint density at radius 2 is 1.79 bits per heavy atom. The lowest BCUT2D eigenvalue weighted by molar-refractivity contribution is -0.154. The van der Waals surface area contributed by atoms with Gasteiger partial charge in [0.2, 0.25) is 0 Å². The first-order chi connectivity index (χ1) is 11.2. The zero-order valence-electron chi connectivity index (χ0n) is 15.3. The average molecular weight is 338 g/mol. The molecule has 2 atom stereocenters. The van der Waals surface area contributed by atoms with E-state index >= 15 is 0 Å². The van der Waals surface area contributed by atoms with E-state index in [-0.39, 0.29) is 22.9 Å². The summed E-state index contributed by atoms with van der Waals surface area (Å²) < 4.78 is 10.6. The molecule has 3 fully saturated rings. The lowest BCUT2D eigenvalue weighted by Crippen LogP contribution is -2.48. The molecule has 3 aliphatic rings. The molecular weight excluding hydrogens is 308 g/mol. The topological polar surface area (TPSA) is 67.9 Å². The second-order valence-corrected chi connectivity index (χ2v) is 8.66. The maximum absolute atomic E-state index is 12.4. The Labute approximate surface area is 144 Å². The van der Waals surface area contributed by atoms with Crippen LogP contribution in [0.5, 0.6) is 0 Å². The smallest absolute Gasteiger partial charge is 0.410 e. The van der Waals surface area contributed by atoms with Crippen molar-refractivity contribution in [3.05, 3.63) is 0 Å². The Bertz CT molecular complexity index is 520. The maximum Gasteiger partial charge on any atom is 0.410 e. The molecule has 2 unspecified atom stereocenters. The first-order valence-corrected chi connectivity index (χ1v) is 9.00. The molecule has 3 rings (SSSR count). The SMILES string of the molecule is COC(=O)C12CCC3(CCN(C(=O)OC(C)(C)C)CC3)C1CNC2. The van der Waals surface area contributed by atoms with Crippen LogP contribution in [0.1, 0.15) is 46.5 Å². The van der Waals surface area contributed by atoms with Crippen molar-refractivity contribution in [2.24, 2.45) is 16.7 Å². The van der Waals surface area contributed by atoms with E-state index in [0.29, 0.717) is 19.0 Å². The molecule has 1 N–H and O–H groups in total. The summed E-state index contributed by atoms with van der Waals surface area (Å²) in [6, 6.07) is 0. The largest absolute Gasteiger partial charge is 0.469 e. The van der Waals surface area contributed by atoms with Crippen molar-refractivity contribution in [3.63, 3.8) is 0 Å². The van der Waals surface area contributed by atoms with Gasteiger partial charge in [-0.15, -0.1) is 0 Å². The molecule has 24 heavy (non-hydrogen) atoms. The monoisotopic (exact) mass is 338 g/mol. The number of piperidine rings is 1. The fourth-order valence-corrected chi connectivity index (χ4v) is 5.05. The molecule has 6 heteroatoms. The van der Waals surface area contributed by atoms with Gasteiger partial charge in [0.1, 0.15) is 5.60 Å². The van der Waals surface area contributed by atoms with Gasteiger partial charge in [-0.3, -0.25) is 4.79 Å². The third-order valence-electron chi connectivity index (χ3n) is 6.27. The zero-order chi connectivity index (χ0) is 17.6. The molecule has 0 radical (unpaired) electrons. The maximum atomic E-state index is 12.4. The van der Waals surface area contributed by atoms with Gasteiger partial charge in [-0.2, -0.15) is 0 Å². The second kappa shape index (κ2) is 5.90. The van der Waals surface area contributed by atoms with Crippen molar-refractivity contribution in [2.75, 3.05) is 33.3 Å². The molecule has 1 saturated carbocycles. The summed E-state index contributed by atoms with van der Waals surface area (Å²) >= 11 is 0. The van der Waals surface area contributed by atoms with Gasteiger partial charge in [-0.25, -0.2) is 4.79 Å².